The minimum atomic E-state index is -0.110. The molecule has 4 nitrogen and oxygen atoms in total. The Balaban J connectivity index is 2.11. The molecular weight excluding hydrogens is 216 g/mol. The van der Waals surface area contributed by atoms with Crippen LogP contribution in [0.25, 0.3) is 0 Å². The Labute approximate surface area is 104 Å². The Kier molecular flexibility index (Phi) is 4.08. The molecule has 0 amide bonds. The Morgan fingerprint density at radius 3 is 2.82 bits per heavy atom. The highest BCUT2D eigenvalue weighted by Gasteiger charge is 2.44. The molecule has 0 aliphatic carbocycles. The average molecular weight is 242 g/mol. The zero-order valence-electron chi connectivity index (χ0n) is 11.2. The molecule has 0 radical (unpaired) electrons. The maximum absolute atomic E-state index is 9.90. The van der Waals surface area contributed by atoms with Crippen LogP contribution < -0.4 is 5.32 Å². The number of aliphatic hydroxyl groups excluding tert-OH is 1. The molecular formula is C13H26N2O2. The first-order chi connectivity index (χ1) is 8.08. The van der Waals surface area contributed by atoms with Gasteiger partial charge in [0.15, 0.2) is 0 Å². The summed E-state index contributed by atoms with van der Waals surface area (Å²) in [6, 6.07) is 0. The molecule has 1 atom stereocenters. The summed E-state index contributed by atoms with van der Waals surface area (Å²) in [4.78, 5) is 2.48. The molecule has 2 aliphatic heterocycles. The first-order valence-electron chi connectivity index (χ1n) is 6.79. The summed E-state index contributed by atoms with van der Waals surface area (Å²) < 4.78 is 5.79. The average Bonchev–Trinajstić information content (AvgIpc) is 2.56. The van der Waals surface area contributed by atoms with E-state index in [2.05, 4.69) is 24.1 Å². The normalized spacial score (nSPS) is 35.5. The van der Waals surface area contributed by atoms with Crippen LogP contribution in [0.3, 0.4) is 0 Å². The van der Waals surface area contributed by atoms with E-state index in [9.17, 15) is 5.11 Å². The number of ether oxygens (including phenoxy) is 1. The summed E-state index contributed by atoms with van der Waals surface area (Å²) in [5.74, 6) is 0. The Morgan fingerprint density at radius 2 is 2.12 bits per heavy atom. The largest absolute Gasteiger partial charge is 0.394 e. The molecule has 0 aromatic heterocycles. The zero-order valence-corrected chi connectivity index (χ0v) is 11.2. The van der Waals surface area contributed by atoms with Gasteiger partial charge in [0.25, 0.3) is 0 Å². The first-order valence-corrected chi connectivity index (χ1v) is 6.79. The molecule has 2 rings (SSSR count). The van der Waals surface area contributed by atoms with Gasteiger partial charge < -0.3 is 15.2 Å². The van der Waals surface area contributed by atoms with Gasteiger partial charge in [-0.3, -0.25) is 4.90 Å². The minimum absolute atomic E-state index is 0.0617. The van der Waals surface area contributed by atoms with Crippen LogP contribution in [-0.2, 0) is 4.74 Å². The van der Waals surface area contributed by atoms with Crippen molar-refractivity contribution in [3.05, 3.63) is 0 Å². The molecule has 2 fully saturated rings. The molecule has 1 unspecified atom stereocenters. The van der Waals surface area contributed by atoms with Crippen LogP contribution in [0.4, 0.5) is 0 Å². The SMILES string of the molecule is CC1(C)CC(CO)(N2CCCNCC2)CCO1. The molecule has 0 saturated carbocycles. The van der Waals surface area contributed by atoms with Gasteiger partial charge in [0.2, 0.25) is 0 Å². The van der Waals surface area contributed by atoms with Gasteiger partial charge in [-0.25, -0.2) is 0 Å². The lowest BCUT2D eigenvalue weighted by atomic mass is 9.80. The summed E-state index contributed by atoms with van der Waals surface area (Å²) in [6.07, 6.45) is 3.05. The van der Waals surface area contributed by atoms with Crippen LogP contribution in [0.15, 0.2) is 0 Å². The van der Waals surface area contributed by atoms with E-state index in [1.807, 2.05) is 0 Å². The molecule has 2 N–H and O–H groups in total. The molecule has 0 aromatic rings. The number of hydrogen-bond acceptors (Lipinski definition) is 4. The van der Waals surface area contributed by atoms with Crippen molar-refractivity contribution in [3.63, 3.8) is 0 Å². The topological polar surface area (TPSA) is 44.7 Å². The molecule has 0 aromatic carbocycles. The maximum atomic E-state index is 9.90. The quantitative estimate of drug-likeness (QED) is 0.744. The van der Waals surface area contributed by atoms with Gasteiger partial charge in [0.05, 0.1) is 12.2 Å². The lowest BCUT2D eigenvalue weighted by Crippen LogP contribution is -2.59. The minimum Gasteiger partial charge on any atom is -0.394 e. The number of aliphatic hydroxyl groups is 1. The van der Waals surface area contributed by atoms with E-state index in [1.54, 1.807) is 0 Å². The summed E-state index contributed by atoms with van der Waals surface area (Å²) >= 11 is 0. The molecule has 2 saturated heterocycles. The standard InChI is InChI=1S/C13H26N2O2/c1-12(2)10-13(11-16,4-9-17-12)15-7-3-5-14-6-8-15/h14,16H,3-11H2,1-2H3. The van der Waals surface area contributed by atoms with Crippen LogP contribution in [0.1, 0.15) is 33.1 Å². The second-order valence-corrected chi connectivity index (χ2v) is 6.01. The van der Waals surface area contributed by atoms with E-state index < -0.39 is 0 Å². The highest BCUT2D eigenvalue weighted by Crippen LogP contribution is 2.36. The summed E-state index contributed by atoms with van der Waals surface area (Å²) in [5, 5.41) is 13.3. The first kappa shape index (κ1) is 13.3. The van der Waals surface area contributed by atoms with Crippen molar-refractivity contribution in [1.82, 2.24) is 10.2 Å². The van der Waals surface area contributed by atoms with E-state index in [4.69, 9.17) is 4.74 Å². The van der Waals surface area contributed by atoms with Gasteiger partial charge in [-0.1, -0.05) is 0 Å². The second kappa shape index (κ2) is 5.22. The second-order valence-electron chi connectivity index (χ2n) is 6.01. The Bertz CT molecular complexity index is 250. The zero-order chi connectivity index (χ0) is 12.4. The van der Waals surface area contributed by atoms with E-state index in [1.165, 1.54) is 6.42 Å². The van der Waals surface area contributed by atoms with E-state index >= 15 is 0 Å². The van der Waals surface area contributed by atoms with Gasteiger partial charge in [0, 0.05) is 31.8 Å². The van der Waals surface area contributed by atoms with Crippen LogP contribution in [0.2, 0.25) is 0 Å². The van der Waals surface area contributed by atoms with Crippen LogP contribution in [0.5, 0.6) is 0 Å². The van der Waals surface area contributed by atoms with Crippen molar-refractivity contribution < 1.29 is 9.84 Å². The molecule has 2 aliphatic rings. The molecule has 2 heterocycles. The van der Waals surface area contributed by atoms with Crippen molar-refractivity contribution in [2.24, 2.45) is 0 Å². The smallest absolute Gasteiger partial charge is 0.0645 e. The number of hydrogen-bond donors (Lipinski definition) is 2. The predicted molar refractivity (Wildman–Crippen MR) is 68.1 cm³/mol. The molecule has 0 spiro atoms. The highest BCUT2D eigenvalue weighted by atomic mass is 16.5. The maximum Gasteiger partial charge on any atom is 0.0645 e. The van der Waals surface area contributed by atoms with Crippen molar-refractivity contribution >= 4 is 0 Å². The van der Waals surface area contributed by atoms with Gasteiger partial charge in [-0.2, -0.15) is 0 Å². The Hall–Kier alpha value is -0.160. The molecule has 17 heavy (non-hydrogen) atoms. The molecule has 0 bridgehead atoms. The summed E-state index contributed by atoms with van der Waals surface area (Å²) in [6.45, 7) is 9.53. The third-order valence-corrected chi connectivity index (χ3v) is 4.12. The summed E-state index contributed by atoms with van der Waals surface area (Å²) in [7, 11) is 0. The predicted octanol–water partition coefficient (Wildman–Crippen LogP) is 0.602. The molecule has 100 valence electrons. The number of nitrogens with zero attached hydrogens (tertiary/aromatic N) is 1. The monoisotopic (exact) mass is 242 g/mol. The summed E-state index contributed by atoms with van der Waals surface area (Å²) in [5.41, 5.74) is -0.172. The third kappa shape index (κ3) is 2.99. The molecule has 4 heteroatoms. The number of nitrogens with one attached hydrogen (secondary N) is 1. The lowest BCUT2D eigenvalue weighted by Gasteiger charge is -2.50. The van der Waals surface area contributed by atoms with Crippen LogP contribution >= 0.6 is 0 Å². The third-order valence-electron chi connectivity index (χ3n) is 4.12. The Morgan fingerprint density at radius 1 is 1.29 bits per heavy atom. The van der Waals surface area contributed by atoms with Crippen molar-refractivity contribution in [1.29, 1.82) is 0 Å². The van der Waals surface area contributed by atoms with Gasteiger partial charge in [-0.05, 0) is 39.7 Å². The van der Waals surface area contributed by atoms with Crippen molar-refractivity contribution in [2.75, 3.05) is 39.4 Å². The van der Waals surface area contributed by atoms with Crippen LogP contribution in [-0.4, -0.2) is 60.5 Å². The van der Waals surface area contributed by atoms with Crippen molar-refractivity contribution in [2.45, 2.75) is 44.2 Å². The van der Waals surface area contributed by atoms with E-state index in [0.29, 0.717) is 0 Å². The van der Waals surface area contributed by atoms with Gasteiger partial charge in [-0.15, -0.1) is 0 Å². The fourth-order valence-electron chi connectivity index (χ4n) is 3.27. The fourth-order valence-corrected chi connectivity index (χ4v) is 3.27. The van der Waals surface area contributed by atoms with Crippen molar-refractivity contribution in [3.8, 4) is 0 Å². The lowest BCUT2D eigenvalue weighted by molar-refractivity contribution is -0.133. The number of rotatable bonds is 2. The highest BCUT2D eigenvalue weighted by molar-refractivity contribution is 4.99. The van der Waals surface area contributed by atoms with Crippen LogP contribution in [0, 0.1) is 0 Å². The fraction of sp³-hybridized carbons (Fsp3) is 1.00. The van der Waals surface area contributed by atoms with E-state index in [-0.39, 0.29) is 17.7 Å². The van der Waals surface area contributed by atoms with Gasteiger partial charge >= 0.3 is 0 Å². The van der Waals surface area contributed by atoms with Gasteiger partial charge in [0.1, 0.15) is 0 Å². The van der Waals surface area contributed by atoms with E-state index in [0.717, 1.165) is 45.6 Å².